The van der Waals surface area contributed by atoms with Crippen molar-refractivity contribution in [3.05, 3.63) is 48.3 Å². The molecule has 5 heteroatoms. The van der Waals surface area contributed by atoms with Crippen molar-refractivity contribution in [1.82, 2.24) is 4.90 Å². The van der Waals surface area contributed by atoms with Gasteiger partial charge in [-0.25, -0.2) is 4.39 Å². The fraction of sp³-hybridized carbons (Fsp3) is 0.471. The number of nitrogens with two attached hydrogens (primary N) is 1. The van der Waals surface area contributed by atoms with Crippen LogP contribution in [0, 0.1) is 11.7 Å². The number of nitrogens with zero attached hydrogens (tertiary/aromatic N) is 1. The molecule has 122 valence electrons. The minimum atomic E-state index is -0.278. The second-order valence-corrected chi connectivity index (χ2v) is 5.72. The lowest BCUT2D eigenvalue weighted by atomic mass is 9.85. The van der Waals surface area contributed by atoms with E-state index in [0.717, 1.165) is 25.7 Å². The van der Waals surface area contributed by atoms with E-state index in [-0.39, 0.29) is 42.6 Å². The average molecular weight is 327 g/mol. The quantitative estimate of drug-likeness (QED) is 0.844. The summed E-state index contributed by atoms with van der Waals surface area (Å²) in [5.74, 6) is -0.256. The van der Waals surface area contributed by atoms with E-state index >= 15 is 0 Å². The molecule has 1 saturated carbocycles. The number of carbonyl (C=O) groups is 1. The molecule has 0 radical (unpaired) electrons. The number of amides is 1. The first kappa shape index (κ1) is 18.7. The van der Waals surface area contributed by atoms with Crippen LogP contribution >= 0.6 is 12.4 Å². The van der Waals surface area contributed by atoms with E-state index in [1.165, 1.54) is 6.07 Å². The predicted octanol–water partition coefficient (Wildman–Crippen LogP) is 3.28. The third-order valence-corrected chi connectivity index (χ3v) is 4.04. The van der Waals surface area contributed by atoms with E-state index in [2.05, 4.69) is 6.58 Å². The van der Waals surface area contributed by atoms with E-state index in [1.807, 2.05) is 0 Å². The number of benzene rings is 1. The maximum Gasteiger partial charge on any atom is 0.226 e. The van der Waals surface area contributed by atoms with Crippen molar-refractivity contribution in [3.63, 3.8) is 0 Å². The first-order valence-corrected chi connectivity index (χ1v) is 7.50. The van der Waals surface area contributed by atoms with Crippen molar-refractivity contribution in [2.75, 3.05) is 6.54 Å². The van der Waals surface area contributed by atoms with Crippen LogP contribution in [-0.2, 0) is 11.3 Å². The zero-order chi connectivity index (χ0) is 15.2. The summed E-state index contributed by atoms with van der Waals surface area (Å²) < 4.78 is 13.8. The number of halogens is 2. The summed E-state index contributed by atoms with van der Waals surface area (Å²) in [7, 11) is 0. The van der Waals surface area contributed by atoms with Gasteiger partial charge in [-0.3, -0.25) is 4.79 Å². The molecule has 0 aromatic heterocycles. The molecule has 2 unspecified atom stereocenters. The normalized spacial score (nSPS) is 20.8. The standard InChI is InChI=1S/C17H23FN2O.ClH/c1-2-10-20(12-14-6-3-4-9-16(14)18)17(21)13-7-5-8-15(19)11-13;/h2-4,6,9,13,15H,1,5,7-8,10-12,19H2;1H. The van der Waals surface area contributed by atoms with Crippen LogP contribution in [0.2, 0.25) is 0 Å². The highest BCUT2D eigenvalue weighted by atomic mass is 35.5. The van der Waals surface area contributed by atoms with Crippen molar-refractivity contribution in [2.24, 2.45) is 11.7 Å². The number of carbonyl (C=O) groups excluding carboxylic acids is 1. The van der Waals surface area contributed by atoms with Crippen LogP contribution in [0.4, 0.5) is 4.39 Å². The topological polar surface area (TPSA) is 46.3 Å². The zero-order valence-electron chi connectivity index (χ0n) is 12.7. The van der Waals surface area contributed by atoms with Crippen LogP contribution < -0.4 is 5.73 Å². The fourth-order valence-corrected chi connectivity index (χ4v) is 2.93. The monoisotopic (exact) mass is 326 g/mol. The Kier molecular flexibility index (Phi) is 7.56. The van der Waals surface area contributed by atoms with E-state index < -0.39 is 0 Å². The SMILES string of the molecule is C=CCN(Cc1ccccc1F)C(=O)C1CCCC(N)C1.Cl. The lowest BCUT2D eigenvalue weighted by Crippen LogP contribution is -2.40. The van der Waals surface area contributed by atoms with Gasteiger partial charge in [0, 0.05) is 30.6 Å². The van der Waals surface area contributed by atoms with Crippen LogP contribution in [0.1, 0.15) is 31.2 Å². The molecule has 2 rings (SSSR count). The fourth-order valence-electron chi connectivity index (χ4n) is 2.93. The first-order chi connectivity index (χ1) is 10.1. The van der Waals surface area contributed by atoms with Gasteiger partial charge in [-0.1, -0.05) is 30.7 Å². The Labute approximate surface area is 137 Å². The maximum atomic E-state index is 13.8. The maximum absolute atomic E-state index is 13.8. The average Bonchev–Trinajstić information content (AvgIpc) is 2.48. The summed E-state index contributed by atoms with van der Waals surface area (Å²) in [6.07, 6.45) is 5.25. The number of hydrogen-bond acceptors (Lipinski definition) is 2. The zero-order valence-corrected chi connectivity index (χ0v) is 13.5. The minimum Gasteiger partial charge on any atom is -0.334 e. The molecular formula is C17H24ClFN2O. The third kappa shape index (κ3) is 4.82. The first-order valence-electron chi connectivity index (χ1n) is 7.50. The van der Waals surface area contributed by atoms with Gasteiger partial charge in [-0.2, -0.15) is 0 Å². The molecule has 0 bridgehead atoms. The van der Waals surface area contributed by atoms with Gasteiger partial charge < -0.3 is 10.6 Å². The van der Waals surface area contributed by atoms with Crippen LogP contribution in [0.5, 0.6) is 0 Å². The Morgan fingerprint density at radius 2 is 2.14 bits per heavy atom. The van der Waals surface area contributed by atoms with E-state index in [9.17, 15) is 9.18 Å². The highest BCUT2D eigenvalue weighted by Crippen LogP contribution is 2.25. The third-order valence-electron chi connectivity index (χ3n) is 4.04. The molecule has 1 aliphatic carbocycles. The highest BCUT2D eigenvalue weighted by Gasteiger charge is 2.28. The van der Waals surface area contributed by atoms with E-state index in [4.69, 9.17) is 5.73 Å². The minimum absolute atomic E-state index is 0. The molecule has 0 spiro atoms. The van der Waals surface area contributed by atoms with Gasteiger partial charge in [0.15, 0.2) is 0 Å². The summed E-state index contributed by atoms with van der Waals surface area (Å²) in [5, 5.41) is 0. The molecule has 1 aromatic carbocycles. The Morgan fingerprint density at radius 1 is 1.41 bits per heavy atom. The molecule has 1 aliphatic rings. The van der Waals surface area contributed by atoms with Gasteiger partial charge in [0.25, 0.3) is 0 Å². The van der Waals surface area contributed by atoms with Crippen molar-refractivity contribution < 1.29 is 9.18 Å². The molecule has 2 N–H and O–H groups in total. The van der Waals surface area contributed by atoms with Gasteiger partial charge in [0.2, 0.25) is 5.91 Å². The van der Waals surface area contributed by atoms with Crippen LogP contribution in [0.15, 0.2) is 36.9 Å². The Bertz CT molecular complexity index is 509. The Hall–Kier alpha value is -1.39. The lowest BCUT2D eigenvalue weighted by molar-refractivity contribution is -0.136. The summed E-state index contributed by atoms with van der Waals surface area (Å²) in [6.45, 7) is 4.41. The molecule has 1 amide bonds. The number of rotatable bonds is 5. The molecule has 2 atom stereocenters. The second-order valence-electron chi connectivity index (χ2n) is 5.72. The largest absolute Gasteiger partial charge is 0.334 e. The molecule has 0 saturated heterocycles. The van der Waals surface area contributed by atoms with Crippen molar-refractivity contribution >= 4 is 18.3 Å². The molecule has 1 aromatic rings. The van der Waals surface area contributed by atoms with Gasteiger partial charge in [-0.15, -0.1) is 19.0 Å². The van der Waals surface area contributed by atoms with E-state index in [1.54, 1.807) is 29.2 Å². The lowest BCUT2D eigenvalue weighted by Gasteiger charge is -2.31. The van der Waals surface area contributed by atoms with Crippen molar-refractivity contribution in [1.29, 1.82) is 0 Å². The van der Waals surface area contributed by atoms with Crippen LogP contribution in [0.25, 0.3) is 0 Å². The van der Waals surface area contributed by atoms with Gasteiger partial charge in [0.05, 0.1) is 0 Å². The molecule has 3 nitrogen and oxygen atoms in total. The Morgan fingerprint density at radius 3 is 2.77 bits per heavy atom. The van der Waals surface area contributed by atoms with Gasteiger partial charge >= 0.3 is 0 Å². The molecule has 0 heterocycles. The van der Waals surface area contributed by atoms with Crippen LogP contribution in [0.3, 0.4) is 0 Å². The highest BCUT2D eigenvalue weighted by molar-refractivity contribution is 5.85. The molecular weight excluding hydrogens is 303 g/mol. The second kappa shape index (κ2) is 8.91. The summed E-state index contributed by atoms with van der Waals surface area (Å²) in [4.78, 5) is 14.3. The summed E-state index contributed by atoms with van der Waals surface area (Å²) in [6, 6.07) is 6.67. The smallest absolute Gasteiger partial charge is 0.226 e. The van der Waals surface area contributed by atoms with Gasteiger partial charge in [-0.05, 0) is 25.3 Å². The molecule has 0 aliphatic heterocycles. The number of hydrogen-bond donors (Lipinski definition) is 1. The van der Waals surface area contributed by atoms with Crippen molar-refractivity contribution in [3.8, 4) is 0 Å². The van der Waals surface area contributed by atoms with Crippen molar-refractivity contribution in [2.45, 2.75) is 38.3 Å². The Balaban J connectivity index is 0.00000242. The molecule has 1 fully saturated rings. The summed E-state index contributed by atoms with van der Waals surface area (Å²) >= 11 is 0. The summed E-state index contributed by atoms with van der Waals surface area (Å²) in [5.41, 5.74) is 6.50. The predicted molar refractivity (Wildman–Crippen MR) is 89.2 cm³/mol. The molecule has 22 heavy (non-hydrogen) atoms. The van der Waals surface area contributed by atoms with Crippen LogP contribution in [-0.4, -0.2) is 23.4 Å². The van der Waals surface area contributed by atoms with Gasteiger partial charge in [0.1, 0.15) is 5.82 Å². The van der Waals surface area contributed by atoms with E-state index in [0.29, 0.717) is 12.1 Å².